The number of benzene rings is 2. The number of piperazine rings is 1. The van der Waals surface area contributed by atoms with Crippen molar-refractivity contribution in [1.82, 2.24) is 9.88 Å². The maximum atomic E-state index is 12.5. The molecular weight excluding hydrogens is 444 g/mol. The lowest BCUT2D eigenvalue weighted by Gasteiger charge is -2.37. The zero-order valence-corrected chi connectivity index (χ0v) is 20.6. The Kier molecular flexibility index (Phi) is 6.97. The predicted molar refractivity (Wildman–Crippen MR) is 134 cm³/mol. The minimum Gasteiger partial charge on any atom is -0.493 e. The number of ether oxygens (including phenoxy) is 3. The Balaban J connectivity index is 1.60. The molecule has 3 aromatic rings. The summed E-state index contributed by atoms with van der Waals surface area (Å²) in [5, 5.41) is 10.6. The van der Waals surface area contributed by atoms with Gasteiger partial charge in [0.15, 0.2) is 11.5 Å². The highest BCUT2D eigenvalue weighted by atomic mass is 16.6. The van der Waals surface area contributed by atoms with E-state index in [1.807, 2.05) is 63.2 Å². The summed E-state index contributed by atoms with van der Waals surface area (Å²) in [6.45, 7) is 8.11. The maximum Gasteiger partial charge on any atom is 0.410 e. The molecule has 0 unspecified atom stereocenters. The third kappa shape index (κ3) is 5.57. The molecule has 1 amide bonds. The van der Waals surface area contributed by atoms with Crippen molar-refractivity contribution in [3.63, 3.8) is 0 Å². The van der Waals surface area contributed by atoms with Crippen LogP contribution in [0.1, 0.15) is 31.9 Å². The highest BCUT2D eigenvalue weighted by Gasteiger charge is 2.28. The van der Waals surface area contributed by atoms with Crippen LogP contribution in [0.3, 0.4) is 0 Å². The number of anilines is 1. The smallest absolute Gasteiger partial charge is 0.410 e. The molecule has 0 atom stereocenters. The number of aromatic nitrogens is 1. The van der Waals surface area contributed by atoms with Crippen LogP contribution in [0.4, 0.5) is 10.5 Å². The molecule has 0 bridgehead atoms. The van der Waals surface area contributed by atoms with Crippen LogP contribution in [0.2, 0.25) is 0 Å². The van der Waals surface area contributed by atoms with Gasteiger partial charge in [-0.1, -0.05) is 30.3 Å². The van der Waals surface area contributed by atoms with Crippen LogP contribution >= 0.6 is 0 Å². The first-order valence-corrected chi connectivity index (χ1v) is 11.6. The van der Waals surface area contributed by atoms with E-state index >= 15 is 0 Å². The Hall–Kier alpha value is -3.99. The molecule has 1 aliphatic rings. The summed E-state index contributed by atoms with van der Waals surface area (Å²) in [4.78, 5) is 20.8. The van der Waals surface area contributed by atoms with Crippen molar-refractivity contribution in [2.24, 2.45) is 0 Å². The maximum absolute atomic E-state index is 12.5. The number of amides is 1. The van der Waals surface area contributed by atoms with E-state index in [1.54, 1.807) is 18.2 Å². The number of nitrogens with zero attached hydrogens (tertiary/aromatic N) is 4. The van der Waals surface area contributed by atoms with Crippen molar-refractivity contribution < 1.29 is 19.0 Å². The van der Waals surface area contributed by atoms with Crippen molar-refractivity contribution in [3.05, 3.63) is 59.8 Å². The molecule has 0 radical (unpaired) electrons. The van der Waals surface area contributed by atoms with Crippen LogP contribution in [0, 0.1) is 11.3 Å². The molecule has 2 heterocycles. The fourth-order valence-electron chi connectivity index (χ4n) is 4.06. The fourth-order valence-corrected chi connectivity index (χ4v) is 4.06. The number of carbonyl (C=O) groups is 1. The minimum atomic E-state index is -0.541. The van der Waals surface area contributed by atoms with E-state index in [1.165, 1.54) is 0 Å². The lowest BCUT2D eigenvalue weighted by molar-refractivity contribution is 0.0240. The van der Waals surface area contributed by atoms with Gasteiger partial charge in [-0.3, -0.25) is 4.98 Å². The summed E-state index contributed by atoms with van der Waals surface area (Å²) < 4.78 is 17.2. The van der Waals surface area contributed by atoms with Gasteiger partial charge in [-0.25, -0.2) is 4.79 Å². The molecule has 8 nitrogen and oxygen atoms in total. The predicted octanol–water partition coefficient (Wildman–Crippen LogP) is 4.75. The quantitative estimate of drug-likeness (QED) is 0.527. The summed E-state index contributed by atoms with van der Waals surface area (Å²) in [5.74, 6) is 1.15. The largest absolute Gasteiger partial charge is 0.493 e. The van der Waals surface area contributed by atoms with Gasteiger partial charge in [0.1, 0.15) is 18.3 Å². The summed E-state index contributed by atoms with van der Waals surface area (Å²) in [6, 6.07) is 15.9. The van der Waals surface area contributed by atoms with Crippen LogP contribution in [0.25, 0.3) is 10.9 Å². The van der Waals surface area contributed by atoms with Gasteiger partial charge in [0.05, 0.1) is 23.9 Å². The van der Waals surface area contributed by atoms with Crippen LogP contribution in [-0.4, -0.2) is 54.9 Å². The van der Waals surface area contributed by atoms with E-state index in [4.69, 9.17) is 14.2 Å². The highest BCUT2D eigenvalue weighted by molar-refractivity contribution is 5.96. The lowest BCUT2D eigenvalue weighted by atomic mass is 10.1. The Morgan fingerprint density at radius 3 is 2.43 bits per heavy atom. The van der Waals surface area contributed by atoms with Gasteiger partial charge in [-0.2, -0.15) is 5.26 Å². The number of hydrogen-bond donors (Lipinski definition) is 0. The summed E-state index contributed by atoms with van der Waals surface area (Å²) >= 11 is 0. The standard InChI is InChI=1S/C27H30N4O4/c1-27(2,3)35-26(32)31-12-10-30(11-13-31)25-20(16-28)17-29-22-15-24(23(33-4)14-21(22)25)34-18-19-8-6-5-7-9-19/h5-9,14-15,17H,10-13,18H2,1-4H3. The second-order valence-electron chi connectivity index (χ2n) is 9.38. The number of fused-ring (bicyclic) bond motifs is 1. The molecule has 0 aliphatic carbocycles. The number of methoxy groups -OCH3 is 1. The number of hydrogen-bond acceptors (Lipinski definition) is 7. The van der Waals surface area contributed by atoms with Crippen molar-refractivity contribution in [3.8, 4) is 17.6 Å². The van der Waals surface area contributed by atoms with Crippen LogP contribution in [-0.2, 0) is 11.3 Å². The monoisotopic (exact) mass is 474 g/mol. The molecule has 1 fully saturated rings. The molecule has 0 saturated carbocycles. The van der Waals surface area contributed by atoms with E-state index in [-0.39, 0.29) is 6.09 Å². The zero-order chi connectivity index (χ0) is 25.0. The third-order valence-corrected chi connectivity index (χ3v) is 5.73. The van der Waals surface area contributed by atoms with Crippen molar-refractivity contribution in [2.75, 3.05) is 38.2 Å². The average molecular weight is 475 g/mol. The van der Waals surface area contributed by atoms with E-state index in [2.05, 4.69) is 16.0 Å². The van der Waals surface area contributed by atoms with Gasteiger partial charge < -0.3 is 24.0 Å². The molecule has 8 heteroatoms. The Morgan fingerprint density at radius 2 is 1.80 bits per heavy atom. The van der Waals surface area contributed by atoms with Gasteiger partial charge in [0.2, 0.25) is 0 Å². The zero-order valence-electron chi connectivity index (χ0n) is 20.6. The molecule has 1 saturated heterocycles. The topological polar surface area (TPSA) is 87.9 Å². The average Bonchev–Trinajstić information content (AvgIpc) is 2.85. The van der Waals surface area contributed by atoms with E-state index < -0.39 is 5.60 Å². The molecule has 2 aromatic carbocycles. The number of rotatable bonds is 5. The fraction of sp³-hybridized carbons (Fsp3) is 0.370. The van der Waals surface area contributed by atoms with Crippen molar-refractivity contribution in [1.29, 1.82) is 5.26 Å². The van der Waals surface area contributed by atoms with Crippen LogP contribution in [0.5, 0.6) is 11.5 Å². The number of pyridine rings is 1. The lowest BCUT2D eigenvalue weighted by Crippen LogP contribution is -2.50. The summed E-state index contributed by atoms with van der Waals surface area (Å²) in [6.07, 6.45) is 1.27. The first-order chi connectivity index (χ1) is 16.8. The normalized spacial score (nSPS) is 13.9. The molecular formula is C27H30N4O4. The number of carbonyl (C=O) groups excluding carboxylic acids is 1. The first kappa shape index (κ1) is 24.1. The van der Waals surface area contributed by atoms with Crippen LogP contribution < -0.4 is 14.4 Å². The number of nitriles is 1. The molecule has 35 heavy (non-hydrogen) atoms. The molecule has 0 N–H and O–H groups in total. The van der Waals surface area contributed by atoms with Crippen molar-refractivity contribution >= 4 is 22.7 Å². The van der Waals surface area contributed by atoms with Gasteiger partial charge in [-0.05, 0) is 32.4 Å². The SMILES string of the molecule is COc1cc2c(N3CCN(C(=O)OC(C)(C)C)CC3)c(C#N)cnc2cc1OCc1ccccc1. The molecule has 1 aliphatic heterocycles. The van der Waals surface area contributed by atoms with Crippen LogP contribution in [0.15, 0.2) is 48.7 Å². The first-order valence-electron chi connectivity index (χ1n) is 11.6. The third-order valence-electron chi connectivity index (χ3n) is 5.73. The summed E-state index contributed by atoms with van der Waals surface area (Å²) in [5.41, 5.74) is 2.47. The summed E-state index contributed by atoms with van der Waals surface area (Å²) in [7, 11) is 1.59. The van der Waals surface area contributed by atoms with Gasteiger partial charge >= 0.3 is 6.09 Å². The minimum absolute atomic E-state index is 0.320. The van der Waals surface area contributed by atoms with Gasteiger partial charge in [0, 0.05) is 43.8 Å². The molecule has 182 valence electrons. The molecule has 0 spiro atoms. The highest BCUT2D eigenvalue weighted by Crippen LogP contribution is 2.38. The Bertz CT molecular complexity index is 1240. The Morgan fingerprint density at radius 1 is 1.09 bits per heavy atom. The van der Waals surface area contributed by atoms with Gasteiger partial charge in [-0.15, -0.1) is 0 Å². The second-order valence-corrected chi connectivity index (χ2v) is 9.38. The Labute approximate surface area is 205 Å². The van der Waals surface area contributed by atoms with Crippen molar-refractivity contribution in [2.45, 2.75) is 33.0 Å². The van der Waals surface area contributed by atoms with Gasteiger partial charge in [0.25, 0.3) is 0 Å². The second kappa shape index (κ2) is 10.1. The molecule has 1 aromatic heterocycles. The van der Waals surface area contributed by atoms with E-state index in [9.17, 15) is 10.1 Å². The van der Waals surface area contributed by atoms with E-state index in [0.29, 0.717) is 55.4 Å². The molecule has 4 rings (SSSR count). The van der Waals surface area contributed by atoms with E-state index in [0.717, 1.165) is 16.6 Å².